The average Bonchev–Trinajstić information content (AvgIpc) is 2.42. The minimum absolute atomic E-state index is 0.651. The van der Waals surface area contributed by atoms with Crippen molar-refractivity contribution >= 4 is 39.8 Å². The Morgan fingerprint density at radius 3 is 2.50 bits per heavy atom. The predicted molar refractivity (Wildman–Crippen MR) is 64.9 cm³/mol. The van der Waals surface area contributed by atoms with Crippen molar-refractivity contribution in [2.24, 2.45) is 0 Å². The Hall–Kier alpha value is -0.360. The standard InChI is InChI=1S/C9H9ClIN3/c1-4-5(2)12-9-7(11)6(3)13-14(9)8(4)10/h1-3H3. The van der Waals surface area contributed by atoms with E-state index < -0.39 is 0 Å². The smallest absolute Gasteiger partial charge is 0.170 e. The summed E-state index contributed by atoms with van der Waals surface area (Å²) >= 11 is 8.41. The molecule has 0 aliphatic rings. The molecule has 0 bridgehead atoms. The number of nitrogens with zero attached hydrogens (tertiary/aromatic N) is 3. The van der Waals surface area contributed by atoms with Crippen molar-refractivity contribution in [3.63, 3.8) is 0 Å². The summed E-state index contributed by atoms with van der Waals surface area (Å²) in [6.07, 6.45) is 0. The monoisotopic (exact) mass is 321 g/mol. The van der Waals surface area contributed by atoms with Crippen molar-refractivity contribution in [2.45, 2.75) is 20.8 Å². The fourth-order valence-corrected chi connectivity index (χ4v) is 1.99. The Balaban J connectivity index is 2.98. The average molecular weight is 322 g/mol. The molecule has 0 spiro atoms. The third kappa shape index (κ3) is 1.32. The molecule has 14 heavy (non-hydrogen) atoms. The minimum atomic E-state index is 0.651. The Morgan fingerprint density at radius 2 is 1.86 bits per heavy atom. The van der Waals surface area contributed by atoms with Crippen molar-refractivity contribution in [2.75, 3.05) is 0 Å². The van der Waals surface area contributed by atoms with Gasteiger partial charge in [0.15, 0.2) is 5.65 Å². The van der Waals surface area contributed by atoms with Crippen molar-refractivity contribution in [1.82, 2.24) is 14.6 Å². The van der Waals surface area contributed by atoms with E-state index in [1.54, 1.807) is 4.52 Å². The summed E-state index contributed by atoms with van der Waals surface area (Å²) in [6.45, 7) is 5.87. The number of fused-ring (bicyclic) bond motifs is 1. The lowest BCUT2D eigenvalue weighted by molar-refractivity contribution is 0.898. The van der Waals surface area contributed by atoms with Gasteiger partial charge in [-0.1, -0.05) is 11.6 Å². The molecule has 0 saturated heterocycles. The normalized spacial score (nSPS) is 11.2. The van der Waals surface area contributed by atoms with E-state index in [1.165, 1.54) is 0 Å². The SMILES string of the molecule is Cc1nc2c(I)c(C)nn2c(Cl)c1C. The topological polar surface area (TPSA) is 30.2 Å². The van der Waals surface area contributed by atoms with Crippen molar-refractivity contribution in [1.29, 1.82) is 0 Å². The zero-order valence-electron chi connectivity index (χ0n) is 8.10. The van der Waals surface area contributed by atoms with Gasteiger partial charge < -0.3 is 0 Å². The Kier molecular flexibility index (Phi) is 2.43. The summed E-state index contributed by atoms with van der Waals surface area (Å²) in [5.74, 6) is 0. The molecule has 0 aromatic carbocycles. The van der Waals surface area contributed by atoms with Gasteiger partial charge in [-0.05, 0) is 43.4 Å². The van der Waals surface area contributed by atoms with Crippen LogP contribution in [0, 0.1) is 24.3 Å². The molecule has 0 aliphatic heterocycles. The Bertz CT molecular complexity index is 518. The second-order valence-corrected chi connectivity index (χ2v) is 4.68. The molecule has 0 N–H and O–H groups in total. The summed E-state index contributed by atoms with van der Waals surface area (Å²) in [7, 11) is 0. The van der Waals surface area contributed by atoms with Gasteiger partial charge in [-0.3, -0.25) is 0 Å². The van der Waals surface area contributed by atoms with Gasteiger partial charge in [0, 0.05) is 11.3 Å². The number of hydrogen-bond donors (Lipinski definition) is 0. The number of rotatable bonds is 0. The number of hydrogen-bond acceptors (Lipinski definition) is 2. The molecule has 3 nitrogen and oxygen atoms in total. The molecule has 0 saturated carbocycles. The van der Waals surface area contributed by atoms with E-state index in [-0.39, 0.29) is 0 Å². The van der Waals surface area contributed by atoms with Crippen LogP contribution in [0.2, 0.25) is 5.15 Å². The van der Waals surface area contributed by atoms with E-state index >= 15 is 0 Å². The van der Waals surface area contributed by atoms with Crippen LogP contribution in [0.4, 0.5) is 0 Å². The van der Waals surface area contributed by atoms with Gasteiger partial charge in [0.1, 0.15) is 5.15 Å². The molecule has 2 rings (SSSR count). The van der Waals surface area contributed by atoms with Crippen LogP contribution in [0.5, 0.6) is 0 Å². The molecule has 0 amide bonds. The van der Waals surface area contributed by atoms with E-state index in [0.717, 1.165) is 26.2 Å². The lowest BCUT2D eigenvalue weighted by Gasteiger charge is -2.03. The van der Waals surface area contributed by atoms with Crippen LogP contribution in [-0.4, -0.2) is 14.6 Å². The third-order valence-corrected chi connectivity index (χ3v) is 3.98. The van der Waals surface area contributed by atoms with Crippen LogP contribution in [0.25, 0.3) is 5.65 Å². The number of aromatic nitrogens is 3. The maximum absolute atomic E-state index is 6.17. The fourth-order valence-electron chi connectivity index (χ4n) is 1.28. The lowest BCUT2D eigenvalue weighted by Crippen LogP contribution is -1.98. The first-order chi connectivity index (χ1) is 6.52. The molecule has 2 aromatic rings. The first kappa shape index (κ1) is 10.2. The maximum Gasteiger partial charge on any atom is 0.170 e. The summed E-state index contributed by atoms with van der Waals surface area (Å²) in [5, 5.41) is 4.98. The zero-order chi connectivity index (χ0) is 10.5. The van der Waals surface area contributed by atoms with E-state index in [0.29, 0.717) is 5.15 Å². The van der Waals surface area contributed by atoms with E-state index in [4.69, 9.17) is 11.6 Å². The first-order valence-electron chi connectivity index (χ1n) is 4.20. The molecular formula is C9H9ClIN3. The third-order valence-electron chi connectivity index (χ3n) is 2.28. The van der Waals surface area contributed by atoms with Crippen LogP contribution in [0.15, 0.2) is 0 Å². The van der Waals surface area contributed by atoms with Crippen LogP contribution in [0.3, 0.4) is 0 Å². The molecular weight excluding hydrogens is 312 g/mol. The lowest BCUT2D eigenvalue weighted by atomic mass is 10.3. The Labute approximate surface area is 101 Å². The molecule has 0 atom stereocenters. The van der Waals surface area contributed by atoms with Crippen molar-refractivity contribution in [3.05, 3.63) is 25.7 Å². The summed E-state index contributed by atoms with van der Waals surface area (Å²) in [5.41, 5.74) is 3.75. The van der Waals surface area contributed by atoms with Gasteiger partial charge in [0.05, 0.1) is 9.26 Å². The van der Waals surface area contributed by atoms with Gasteiger partial charge in [-0.15, -0.1) is 0 Å². The van der Waals surface area contributed by atoms with Gasteiger partial charge in [0.2, 0.25) is 0 Å². The van der Waals surface area contributed by atoms with E-state index in [1.807, 2.05) is 20.8 Å². The van der Waals surface area contributed by atoms with Crippen LogP contribution in [0.1, 0.15) is 17.0 Å². The molecule has 74 valence electrons. The molecule has 0 radical (unpaired) electrons. The minimum Gasteiger partial charge on any atom is -0.232 e. The molecule has 2 aromatic heterocycles. The highest BCUT2D eigenvalue weighted by Gasteiger charge is 2.13. The van der Waals surface area contributed by atoms with Gasteiger partial charge in [-0.25, -0.2) is 9.50 Å². The number of aryl methyl sites for hydroxylation is 2. The maximum atomic E-state index is 6.17. The van der Waals surface area contributed by atoms with Crippen molar-refractivity contribution in [3.8, 4) is 0 Å². The number of halogens is 2. The van der Waals surface area contributed by atoms with E-state index in [9.17, 15) is 0 Å². The highest BCUT2D eigenvalue weighted by molar-refractivity contribution is 14.1. The molecule has 0 aliphatic carbocycles. The quantitative estimate of drug-likeness (QED) is 0.552. The molecule has 2 heterocycles. The van der Waals surface area contributed by atoms with Crippen LogP contribution < -0.4 is 0 Å². The van der Waals surface area contributed by atoms with Crippen LogP contribution >= 0.6 is 34.2 Å². The largest absolute Gasteiger partial charge is 0.232 e. The second-order valence-electron chi connectivity index (χ2n) is 3.25. The molecule has 0 fully saturated rings. The summed E-state index contributed by atoms with van der Waals surface area (Å²) < 4.78 is 2.76. The van der Waals surface area contributed by atoms with Gasteiger partial charge in [-0.2, -0.15) is 5.10 Å². The highest BCUT2D eigenvalue weighted by Crippen LogP contribution is 2.23. The fraction of sp³-hybridized carbons (Fsp3) is 0.333. The molecule has 5 heteroatoms. The van der Waals surface area contributed by atoms with E-state index in [2.05, 4.69) is 32.7 Å². The Morgan fingerprint density at radius 1 is 1.21 bits per heavy atom. The van der Waals surface area contributed by atoms with Crippen LogP contribution in [-0.2, 0) is 0 Å². The van der Waals surface area contributed by atoms with Crippen molar-refractivity contribution < 1.29 is 0 Å². The second kappa shape index (κ2) is 3.34. The zero-order valence-corrected chi connectivity index (χ0v) is 11.0. The molecule has 0 unspecified atom stereocenters. The highest BCUT2D eigenvalue weighted by atomic mass is 127. The van der Waals surface area contributed by atoms with Gasteiger partial charge >= 0.3 is 0 Å². The predicted octanol–water partition coefficient (Wildman–Crippen LogP) is 2.91. The summed E-state index contributed by atoms with van der Waals surface area (Å²) in [4.78, 5) is 4.46. The van der Waals surface area contributed by atoms with Gasteiger partial charge in [0.25, 0.3) is 0 Å². The first-order valence-corrected chi connectivity index (χ1v) is 5.65. The summed E-state index contributed by atoms with van der Waals surface area (Å²) in [6, 6.07) is 0.